The lowest BCUT2D eigenvalue weighted by atomic mass is 10.2. The van der Waals surface area contributed by atoms with Crippen molar-refractivity contribution in [3.8, 4) is 5.69 Å². The molecule has 4 rings (SSSR count). The number of hydrogen-bond acceptors (Lipinski definition) is 4. The standard InChI is InChI=1S/C23H24FN5O2/c1-17-19(15-26-29(17)21-10-6-5-9-20(21)24)23(31)25-16-22(30)28-13-11-27(12-14-28)18-7-3-2-4-8-18/h2-10,15H,11-14,16H2,1H3,(H,25,31). The summed E-state index contributed by atoms with van der Waals surface area (Å²) in [6.45, 7) is 4.31. The average molecular weight is 421 g/mol. The number of para-hydroxylation sites is 2. The number of carbonyl (C=O) groups excluding carboxylic acids is 2. The Morgan fingerprint density at radius 2 is 1.68 bits per heavy atom. The van der Waals surface area contributed by atoms with E-state index in [1.54, 1.807) is 30.0 Å². The van der Waals surface area contributed by atoms with E-state index in [4.69, 9.17) is 0 Å². The van der Waals surface area contributed by atoms with E-state index < -0.39 is 11.7 Å². The van der Waals surface area contributed by atoms with Gasteiger partial charge in [0, 0.05) is 31.9 Å². The van der Waals surface area contributed by atoms with Crippen LogP contribution in [-0.4, -0.2) is 59.2 Å². The first kappa shape index (κ1) is 20.6. The predicted octanol–water partition coefficient (Wildman–Crippen LogP) is 2.40. The van der Waals surface area contributed by atoms with Gasteiger partial charge in [0.2, 0.25) is 5.91 Å². The van der Waals surface area contributed by atoms with Gasteiger partial charge in [0.1, 0.15) is 11.5 Å². The van der Waals surface area contributed by atoms with Crippen molar-refractivity contribution in [3.05, 3.63) is 77.9 Å². The summed E-state index contributed by atoms with van der Waals surface area (Å²) in [5.41, 5.74) is 2.23. The first-order chi connectivity index (χ1) is 15.0. The predicted molar refractivity (Wildman–Crippen MR) is 116 cm³/mol. The zero-order chi connectivity index (χ0) is 21.8. The summed E-state index contributed by atoms with van der Waals surface area (Å²) in [6.07, 6.45) is 1.39. The molecule has 1 saturated heterocycles. The lowest BCUT2D eigenvalue weighted by Gasteiger charge is -2.36. The maximum absolute atomic E-state index is 14.0. The number of nitrogens with zero attached hydrogens (tertiary/aromatic N) is 4. The molecule has 0 saturated carbocycles. The van der Waals surface area contributed by atoms with E-state index in [1.165, 1.54) is 16.9 Å². The second-order valence-corrected chi connectivity index (χ2v) is 7.39. The highest BCUT2D eigenvalue weighted by Gasteiger charge is 2.23. The Kier molecular flexibility index (Phi) is 5.97. The highest BCUT2D eigenvalue weighted by molar-refractivity contribution is 5.97. The van der Waals surface area contributed by atoms with Crippen LogP contribution in [0.5, 0.6) is 0 Å². The van der Waals surface area contributed by atoms with Crippen LogP contribution >= 0.6 is 0 Å². The van der Waals surface area contributed by atoms with Crippen molar-refractivity contribution in [2.45, 2.75) is 6.92 Å². The van der Waals surface area contributed by atoms with Crippen molar-refractivity contribution >= 4 is 17.5 Å². The molecule has 0 bridgehead atoms. The van der Waals surface area contributed by atoms with Gasteiger partial charge in [-0.2, -0.15) is 5.10 Å². The number of nitrogens with one attached hydrogen (secondary N) is 1. The third-order valence-electron chi connectivity index (χ3n) is 5.49. The van der Waals surface area contributed by atoms with Crippen LogP contribution < -0.4 is 10.2 Å². The lowest BCUT2D eigenvalue weighted by molar-refractivity contribution is -0.130. The van der Waals surface area contributed by atoms with Crippen LogP contribution in [-0.2, 0) is 4.79 Å². The molecule has 3 aromatic rings. The van der Waals surface area contributed by atoms with Gasteiger partial charge in [-0.05, 0) is 31.2 Å². The van der Waals surface area contributed by atoms with E-state index in [-0.39, 0.29) is 18.1 Å². The van der Waals surface area contributed by atoms with Crippen molar-refractivity contribution in [3.63, 3.8) is 0 Å². The smallest absolute Gasteiger partial charge is 0.255 e. The minimum atomic E-state index is -0.425. The Hall–Kier alpha value is -3.68. The number of aromatic nitrogens is 2. The first-order valence-electron chi connectivity index (χ1n) is 10.2. The number of piperazine rings is 1. The first-order valence-corrected chi connectivity index (χ1v) is 10.2. The fraction of sp³-hybridized carbons (Fsp3) is 0.261. The number of anilines is 1. The molecule has 2 aromatic carbocycles. The Morgan fingerprint density at radius 1 is 1.00 bits per heavy atom. The SMILES string of the molecule is Cc1c(C(=O)NCC(=O)N2CCN(c3ccccc3)CC2)cnn1-c1ccccc1F. The summed E-state index contributed by atoms with van der Waals surface area (Å²) in [5.74, 6) is -0.956. The highest BCUT2D eigenvalue weighted by atomic mass is 19.1. The van der Waals surface area contributed by atoms with E-state index in [1.807, 2.05) is 18.2 Å². The van der Waals surface area contributed by atoms with Gasteiger partial charge in [0.25, 0.3) is 5.91 Å². The number of rotatable bonds is 5. The Balaban J connectivity index is 1.32. The summed E-state index contributed by atoms with van der Waals surface area (Å²) >= 11 is 0. The maximum Gasteiger partial charge on any atom is 0.255 e. The normalized spacial score (nSPS) is 13.9. The van der Waals surface area contributed by atoms with Crippen LogP contribution in [0.15, 0.2) is 60.8 Å². The van der Waals surface area contributed by atoms with E-state index in [2.05, 4.69) is 27.4 Å². The molecule has 8 heteroatoms. The molecule has 1 N–H and O–H groups in total. The molecule has 1 fully saturated rings. The Morgan fingerprint density at radius 3 is 2.39 bits per heavy atom. The van der Waals surface area contributed by atoms with Crippen molar-refractivity contribution in [2.24, 2.45) is 0 Å². The van der Waals surface area contributed by atoms with Crippen molar-refractivity contribution < 1.29 is 14.0 Å². The van der Waals surface area contributed by atoms with E-state index in [9.17, 15) is 14.0 Å². The van der Waals surface area contributed by atoms with Crippen LogP contribution in [0.3, 0.4) is 0 Å². The maximum atomic E-state index is 14.0. The van der Waals surface area contributed by atoms with Gasteiger partial charge in [-0.15, -0.1) is 0 Å². The monoisotopic (exact) mass is 421 g/mol. The molecule has 0 radical (unpaired) electrons. The number of hydrogen-bond donors (Lipinski definition) is 1. The van der Waals surface area contributed by atoms with Crippen LogP contribution in [0.1, 0.15) is 16.1 Å². The summed E-state index contributed by atoms with van der Waals surface area (Å²) in [4.78, 5) is 29.1. The van der Waals surface area contributed by atoms with Crippen LogP contribution in [0, 0.1) is 12.7 Å². The molecule has 1 aromatic heterocycles. The minimum absolute atomic E-state index is 0.0888. The van der Waals surface area contributed by atoms with Gasteiger partial charge >= 0.3 is 0 Å². The largest absolute Gasteiger partial charge is 0.368 e. The Bertz CT molecular complexity index is 1070. The molecule has 31 heavy (non-hydrogen) atoms. The summed E-state index contributed by atoms with van der Waals surface area (Å²) in [6, 6.07) is 16.3. The molecule has 2 amide bonds. The molecule has 160 valence electrons. The average Bonchev–Trinajstić information content (AvgIpc) is 3.19. The molecule has 0 aliphatic carbocycles. The number of halogens is 1. The molecule has 0 spiro atoms. The van der Waals surface area contributed by atoms with Crippen LogP contribution in [0.4, 0.5) is 10.1 Å². The third-order valence-corrected chi connectivity index (χ3v) is 5.49. The summed E-state index contributed by atoms with van der Waals surface area (Å²) in [7, 11) is 0. The zero-order valence-corrected chi connectivity index (χ0v) is 17.3. The molecule has 7 nitrogen and oxygen atoms in total. The lowest BCUT2D eigenvalue weighted by Crippen LogP contribution is -2.51. The van der Waals surface area contributed by atoms with Gasteiger partial charge < -0.3 is 15.1 Å². The molecule has 2 heterocycles. The van der Waals surface area contributed by atoms with E-state index >= 15 is 0 Å². The van der Waals surface area contributed by atoms with Gasteiger partial charge in [-0.3, -0.25) is 9.59 Å². The van der Waals surface area contributed by atoms with Gasteiger partial charge in [-0.25, -0.2) is 9.07 Å². The molecular weight excluding hydrogens is 397 g/mol. The second-order valence-electron chi connectivity index (χ2n) is 7.39. The van der Waals surface area contributed by atoms with Crippen LogP contribution in [0.2, 0.25) is 0 Å². The fourth-order valence-electron chi connectivity index (χ4n) is 3.71. The number of carbonyl (C=O) groups is 2. The second kappa shape index (κ2) is 8.99. The Labute approximate surface area is 180 Å². The molecule has 0 unspecified atom stereocenters. The molecule has 1 aliphatic rings. The molecular formula is C23H24FN5O2. The van der Waals surface area contributed by atoms with Gasteiger partial charge in [0.05, 0.1) is 24.0 Å². The summed E-state index contributed by atoms with van der Waals surface area (Å²) < 4.78 is 15.4. The van der Waals surface area contributed by atoms with E-state index in [0.717, 1.165) is 18.8 Å². The number of benzene rings is 2. The molecule has 0 atom stereocenters. The van der Waals surface area contributed by atoms with Crippen molar-refractivity contribution in [2.75, 3.05) is 37.6 Å². The highest BCUT2D eigenvalue weighted by Crippen LogP contribution is 2.17. The summed E-state index contributed by atoms with van der Waals surface area (Å²) in [5, 5.41) is 6.81. The fourth-order valence-corrected chi connectivity index (χ4v) is 3.71. The topological polar surface area (TPSA) is 70.5 Å². The van der Waals surface area contributed by atoms with E-state index in [0.29, 0.717) is 24.3 Å². The van der Waals surface area contributed by atoms with Crippen molar-refractivity contribution in [1.29, 1.82) is 0 Å². The minimum Gasteiger partial charge on any atom is -0.368 e. The van der Waals surface area contributed by atoms with Gasteiger partial charge in [-0.1, -0.05) is 30.3 Å². The molecule has 1 aliphatic heterocycles. The third kappa shape index (κ3) is 4.42. The van der Waals surface area contributed by atoms with Gasteiger partial charge in [0.15, 0.2) is 0 Å². The quantitative estimate of drug-likeness (QED) is 0.687. The zero-order valence-electron chi connectivity index (χ0n) is 17.3. The van der Waals surface area contributed by atoms with Crippen molar-refractivity contribution in [1.82, 2.24) is 20.0 Å². The van der Waals surface area contributed by atoms with Crippen LogP contribution in [0.25, 0.3) is 5.69 Å². The number of amides is 2.